The number of halogens is 1. The lowest BCUT2D eigenvalue weighted by molar-refractivity contribution is -0.126. The molecule has 1 aliphatic rings. The molecule has 1 saturated carbocycles. The summed E-state index contributed by atoms with van der Waals surface area (Å²) in [5.74, 6) is -0.239. The summed E-state index contributed by atoms with van der Waals surface area (Å²) in [6, 6.07) is 7.37. The van der Waals surface area contributed by atoms with E-state index in [9.17, 15) is 9.59 Å². The minimum atomic E-state index is -0.707. The molecule has 2 amide bonds. The Kier molecular flexibility index (Phi) is 6.84. The lowest BCUT2D eigenvalue weighted by atomic mass is 9.98. The normalized spacial score (nSPS) is 15.7. The summed E-state index contributed by atoms with van der Waals surface area (Å²) in [5, 5.41) is 5.58. The van der Waals surface area contributed by atoms with Crippen molar-refractivity contribution >= 4 is 24.2 Å². The van der Waals surface area contributed by atoms with E-state index in [1.54, 1.807) is 12.1 Å². The van der Waals surface area contributed by atoms with Crippen LogP contribution in [0.15, 0.2) is 24.3 Å². The number of carbonyl (C=O) groups excluding carboxylic acids is 2. The molecule has 0 unspecified atom stereocenters. The number of rotatable bonds is 5. The van der Waals surface area contributed by atoms with Gasteiger partial charge in [-0.15, -0.1) is 12.4 Å². The van der Waals surface area contributed by atoms with Crippen LogP contribution in [0.1, 0.15) is 41.6 Å². The fraction of sp³-hybridized carbons (Fsp3) is 0.500. The van der Waals surface area contributed by atoms with Crippen LogP contribution in [-0.4, -0.2) is 30.4 Å². The number of benzene rings is 1. The minimum Gasteiger partial charge on any atom is -0.353 e. The average molecular weight is 326 g/mol. The maximum absolute atomic E-state index is 12.0. The van der Waals surface area contributed by atoms with Crippen LogP contribution < -0.4 is 16.4 Å². The van der Waals surface area contributed by atoms with E-state index in [4.69, 9.17) is 5.73 Å². The van der Waals surface area contributed by atoms with Crippen LogP contribution in [0.25, 0.3) is 0 Å². The van der Waals surface area contributed by atoms with E-state index >= 15 is 0 Å². The number of aryl methyl sites for hydroxylation is 1. The van der Waals surface area contributed by atoms with Gasteiger partial charge in [0.1, 0.15) is 0 Å². The van der Waals surface area contributed by atoms with Gasteiger partial charge < -0.3 is 16.4 Å². The van der Waals surface area contributed by atoms with Crippen LogP contribution in [0, 0.1) is 6.92 Å². The zero-order valence-electron chi connectivity index (χ0n) is 12.9. The van der Waals surface area contributed by atoms with Crippen molar-refractivity contribution in [2.45, 2.75) is 38.1 Å². The van der Waals surface area contributed by atoms with Crippen molar-refractivity contribution in [1.29, 1.82) is 0 Å². The van der Waals surface area contributed by atoms with Gasteiger partial charge in [-0.25, -0.2) is 0 Å². The van der Waals surface area contributed by atoms with Crippen molar-refractivity contribution in [1.82, 2.24) is 10.6 Å². The summed E-state index contributed by atoms with van der Waals surface area (Å²) in [6.45, 7) is 2.77. The summed E-state index contributed by atoms with van der Waals surface area (Å²) < 4.78 is 0. The van der Waals surface area contributed by atoms with Gasteiger partial charge in [-0.1, -0.05) is 30.5 Å². The molecule has 2 rings (SSSR count). The Hall–Kier alpha value is -1.59. The van der Waals surface area contributed by atoms with Crippen molar-refractivity contribution in [3.63, 3.8) is 0 Å². The smallest absolute Gasteiger partial charge is 0.251 e. The quantitative estimate of drug-likeness (QED) is 0.718. The standard InChI is InChI=1S/C16H23N3O2.ClH/c1-12-4-6-13(7-5-12)14(20)18-10-11-19-15(21)16(17)8-2-3-9-16;/h4-7H,2-3,8-11,17H2,1H3,(H,18,20)(H,19,21);1H. The van der Waals surface area contributed by atoms with E-state index in [0.717, 1.165) is 31.2 Å². The lowest BCUT2D eigenvalue weighted by Crippen LogP contribution is -2.53. The molecule has 0 radical (unpaired) electrons. The van der Waals surface area contributed by atoms with Crippen LogP contribution in [0.5, 0.6) is 0 Å². The summed E-state index contributed by atoms with van der Waals surface area (Å²) in [4.78, 5) is 23.8. The third-order valence-corrected chi connectivity index (χ3v) is 3.96. The van der Waals surface area contributed by atoms with Crippen LogP contribution >= 0.6 is 12.4 Å². The Bertz CT molecular complexity index is 511. The highest BCUT2D eigenvalue weighted by molar-refractivity contribution is 5.94. The molecule has 0 aromatic heterocycles. The maximum atomic E-state index is 12.0. The fourth-order valence-corrected chi connectivity index (χ4v) is 2.57. The molecule has 1 aliphatic carbocycles. The Morgan fingerprint density at radius 3 is 2.23 bits per heavy atom. The van der Waals surface area contributed by atoms with Crippen LogP contribution in [0.4, 0.5) is 0 Å². The summed E-state index contributed by atoms with van der Waals surface area (Å²) in [5.41, 5.74) is 7.08. The van der Waals surface area contributed by atoms with Crippen molar-refractivity contribution in [3.8, 4) is 0 Å². The third kappa shape index (κ3) is 4.71. The summed E-state index contributed by atoms with van der Waals surface area (Å²) in [6.07, 6.45) is 3.51. The van der Waals surface area contributed by atoms with Gasteiger partial charge in [0.05, 0.1) is 5.54 Å². The highest BCUT2D eigenvalue weighted by atomic mass is 35.5. The first-order chi connectivity index (χ1) is 10.0. The first-order valence-corrected chi connectivity index (χ1v) is 7.43. The number of amides is 2. The SMILES string of the molecule is Cc1ccc(C(=O)NCCNC(=O)C2(N)CCCC2)cc1.Cl. The molecule has 4 N–H and O–H groups in total. The molecular formula is C16H24ClN3O2. The third-order valence-electron chi connectivity index (χ3n) is 3.96. The first kappa shape index (κ1) is 18.5. The van der Waals surface area contributed by atoms with E-state index in [1.807, 2.05) is 19.1 Å². The molecular weight excluding hydrogens is 302 g/mol. The predicted molar refractivity (Wildman–Crippen MR) is 89.2 cm³/mol. The summed E-state index contributed by atoms with van der Waals surface area (Å²) in [7, 11) is 0. The second-order valence-corrected chi connectivity index (χ2v) is 5.74. The minimum absolute atomic E-state index is 0. The van der Waals surface area contributed by atoms with Gasteiger partial charge in [0.2, 0.25) is 5.91 Å². The first-order valence-electron chi connectivity index (χ1n) is 7.43. The van der Waals surface area contributed by atoms with Crippen molar-refractivity contribution < 1.29 is 9.59 Å². The van der Waals surface area contributed by atoms with Gasteiger partial charge in [-0.2, -0.15) is 0 Å². The number of hydrogen-bond acceptors (Lipinski definition) is 3. The number of carbonyl (C=O) groups is 2. The Morgan fingerprint density at radius 1 is 1.09 bits per heavy atom. The van der Waals surface area contributed by atoms with E-state index < -0.39 is 5.54 Å². The lowest BCUT2D eigenvalue weighted by Gasteiger charge is -2.22. The van der Waals surface area contributed by atoms with Crippen LogP contribution in [0.3, 0.4) is 0 Å². The van der Waals surface area contributed by atoms with Gasteiger partial charge in [0, 0.05) is 18.7 Å². The molecule has 1 aromatic rings. The topological polar surface area (TPSA) is 84.2 Å². The van der Waals surface area contributed by atoms with E-state index in [0.29, 0.717) is 18.7 Å². The number of hydrogen-bond donors (Lipinski definition) is 3. The Labute approximate surface area is 137 Å². The molecule has 0 spiro atoms. The van der Waals surface area contributed by atoms with E-state index in [-0.39, 0.29) is 24.2 Å². The molecule has 122 valence electrons. The van der Waals surface area contributed by atoms with Gasteiger partial charge >= 0.3 is 0 Å². The average Bonchev–Trinajstić information content (AvgIpc) is 2.92. The van der Waals surface area contributed by atoms with Crippen molar-refractivity contribution in [3.05, 3.63) is 35.4 Å². The second-order valence-electron chi connectivity index (χ2n) is 5.74. The van der Waals surface area contributed by atoms with Crippen LogP contribution in [-0.2, 0) is 4.79 Å². The highest BCUT2D eigenvalue weighted by Gasteiger charge is 2.36. The Balaban J connectivity index is 0.00000242. The largest absolute Gasteiger partial charge is 0.353 e. The number of nitrogens with one attached hydrogen (secondary N) is 2. The molecule has 0 bridgehead atoms. The Morgan fingerprint density at radius 2 is 1.64 bits per heavy atom. The van der Waals surface area contributed by atoms with Gasteiger partial charge in [-0.05, 0) is 31.9 Å². The molecule has 6 heteroatoms. The second kappa shape index (κ2) is 8.15. The molecule has 1 aromatic carbocycles. The van der Waals surface area contributed by atoms with Crippen molar-refractivity contribution in [2.75, 3.05) is 13.1 Å². The molecule has 0 atom stereocenters. The van der Waals surface area contributed by atoms with E-state index in [2.05, 4.69) is 10.6 Å². The predicted octanol–water partition coefficient (Wildman–Crippen LogP) is 1.53. The molecule has 0 heterocycles. The van der Waals surface area contributed by atoms with Crippen LogP contribution in [0.2, 0.25) is 0 Å². The zero-order valence-corrected chi connectivity index (χ0v) is 13.7. The summed E-state index contributed by atoms with van der Waals surface area (Å²) >= 11 is 0. The van der Waals surface area contributed by atoms with Gasteiger partial charge in [0.25, 0.3) is 5.91 Å². The monoisotopic (exact) mass is 325 g/mol. The highest BCUT2D eigenvalue weighted by Crippen LogP contribution is 2.26. The molecule has 1 fully saturated rings. The molecule has 0 aliphatic heterocycles. The van der Waals surface area contributed by atoms with E-state index in [1.165, 1.54) is 0 Å². The van der Waals surface area contributed by atoms with Gasteiger partial charge in [-0.3, -0.25) is 9.59 Å². The number of nitrogens with two attached hydrogens (primary N) is 1. The molecule has 22 heavy (non-hydrogen) atoms. The van der Waals surface area contributed by atoms with Gasteiger partial charge in [0.15, 0.2) is 0 Å². The maximum Gasteiger partial charge on any atom is 0.251 e. The zero-order chi connectivity index (χ0) is 15.3. The fourth-order valence-electron chi connectivity index (χ4n) is 2.57. The van der Waals surface area contributed by atoms with Crippen molar-refractivity contribution in [2.24, 2.45) is 5.73 Å². The molecule has 0 saturated heterocycles. The molecule has 5 nitrogen and oxygen atoms in total.